The lowest BCUT2D eigenvalue weighted by Crippen LogP contribution is -2.25. The lowest BCUT2D eigenvalue weighted by atomic mass is 10.1. The second-order valence-electron chi connectivity index (χ2n) is 5.45. The molecule has 2 aromatic rings. The molecule has 106 valence electrons. The number of hydrogen-bond acceptors (Lipinski definition) is 4. The van der Waals surface area contributed by atoms with Crippen LogP contribution < -0.4 is 10.2 Å². The standard InChI is InChI=1S/C16H21N3S/c1-12(17-2)14-3-6-16(18-9-14)19(15-4-5-15)10-13-7-8-20-11-13/h3,6-9,11-12,15,17H,4-5,10H2,1-2H3. The second-order valence-corrected chi connectivity index (χ2v) is 6.23. The zero-order chi connectivity index (χ0) is 13.9. The van der Waals surface area contributed by atoms with E-state index in [9.17, 15) is 0 Å². The summed E-state index contributed by atoms with van der Waals surface area (Å²) < 4.78 is 0. The molecule has 1 atom stereocenters. The molecule has 1 aliphatic rings. The van der Waals surface area contributed by atoms with Crippen LogP contribution in [0.3, 0.4) is 0 Å². The Morgan fingerprint density at radius 2 is 2.25 bits per heavy atom. The van der Waals surface area contributed by atoms with Crippen molar-refractivity contribution in [2.45, 2.75) is 38.4 Å². The van der Waals surface area contributed by atoms with Crippen LogP contribution in [0.1, 0.15) is 36.9 Å². The quantitative estimate of drug-likeness (QED) is 0.880. The van der Waals surface area contributed by atoms with Gasteiger partial charge in [0.05, 0.1) is 0 Å². The number of aromatic nitrogens is 1. The normalized spacial score (nSPS) is 16.1. The average Bonchev–Trinajstić information content (AvgIpc) is 3.21. The first-order valence-corrected chi connectivity index (χ1v) is 8.13. The lowest BCUT2D eigenvalue weighted by Gasteiger charge is -2.23. The first-order chi connectivity index (χ1) is 9.78. The van der Waals surface area contributed by atoms with Crippen LogP contribution in [0.15, 0.2) is 35.2 Å². The molecule has 4 heteroatoms. The summed E-state index contributed by atoms with van der Waals surface area (Å²) in [4.78, 5) is 7.12. The summed E-state index contributed by atoms with van der Waals surface area (Å²) in [5, 5.41) is 7.62. The first kappa shape index (κ1) is 13.6. The molecule has 0 bridgehead atoms. The maximum Gasteiger partial charge on any atom is 0.129 e. The predicted molar refractivity (Wildman–Crippen MR) is 85.2 cm³/mol. The van der Waals surface area contributed by atoms with Crippen molar-refractivity contribution in [2.75, 3.05) is 11.9 Å². The van der Waals surface area contributed by atoms with Gasteiger partial charge in [-0.15, -0.1) is 0 Å². The highest BCUT2D eigenvalue weighted by Crippen LogP contribution is 2.32. The van der Waals surface area contributed by atoms with E-state index in [0.717, 1.165) is 12.4 Å². The van der Waals surface area contributed by atoms with Crippen molar-refractivity contribution in [3.63, 3.8) is 0 Å². The summed E-state index contributed by atoms with van der Waals surface area (Å²) in [6.07, 6.45) is 4.58. The Kier molecular flexibility index (Phi) is 4.03. The van der Waals surface area contributed by atoms with Gasteiger partial charge in [-0.3, -0.25) is 0 Å². The van der Waals surface area contributed by atoms with Crippen LogP contribution in [0.25, 0.3) is 0 Å². The maximum absolute atomic E-state index is 4.68. The number of pyridine rings is 1. The van der Waals surface area contributed by atoms with Crippen molar-refractivity contribution in [1.29, 1.82) is 0 Å². The summed E-state index contributed by atoms with van der Waals surface area (Å²) >= 11 is 1.76. The van der Waals surface area contributed by atoms with E-state index < -0.39 is 0 Å². The van der Waals surface area contributed by atoms with Gasteiger partial charge < -0.3 is 10.2 Å². The zero-order valence-corrected chi connectivity index (χ0v) is 12.9. The topological polar surface area (TPSA) is 28.2 Å². The van der Waals surface area contributed by atoms with Gasteiger partial charge in [0, 0.05) is 24.8 Å². The Balaban J connectivity index is 1.77. The molecule has 1 unspecified atom stereocenters. The van der Waals surface area contributed by atoms with Crippen LogP contribution in [0.5, 0.6) is 0 Å². The van der Waals surface area contributed by atoms with Crippen LogP contribution in [0.2, 0.25) is 0 Å². The number of nitrogens with one attached hydrogen (secondary N) is 1. The summed E-state index contributed by atoms with van der Waals surface area (Å²) in [7, 11) is 1.98. The van der Waals surface area contributed by atoms with Crippen molar-refractivity contribution in [1.82, 2.24) is 10.3 Å². The molecule has 1 fully saturated rings. The molecule has 0 aliphatic heterocycles. The third-order valence-electron chi connectivity index (χ3n) is 3.92. The van der Waals surface area contributed by atoms with Gasteiger partial charge in [-0.2, -0.15) is 11.3 Å². The SMILES string of the molecule is CNC(C)c1ccc(N(Cc2ccsc2)C2CC2)nc1. The van der Waals surface area contributed by atoms with Crippen molar-refractivity contribution < 1.29 is 0 Å². The minimum Gasteiger partial charge on any atom is -0.349 e. The van der Waals surface area contributed by atoms with Gasteiger partial charge in [0.1, 0.15) is 5.82 Å². The minimum absolute atomic E-state index is 0.350. The van der Waals surface area contributed by atoms with Crippen molar-refractivity contribution in [3.05, 3.63) is 46.3 Å². The minimum atomic E-state index is 0.350. The molecule has 3 rings (SSSR count). The maximum atomic E-state index is 4.68. The second kappa shape index (κ2) is 5.94. The fourth-order valence-corrected chi connectivity index (χ4v) is 3.01. The van der Waals surface area contributed by atoms with Crippen LogP contribution in [0, 0.1) is 0 Å². The van der Waals surface area contributed by atoms with Crippen molar-refractivity contribution >= 4 is 17.2 Å². The first-order valence-electron chi connectivity index (χ1n) is 7.19. The van der Waals surface area contributed by atoms with Gasteiger partial charge >= 0.3 is 0 Å². The van der Waals surface area contributed by atoms with Gasteiger partial charge in [0.2, 0.25) is 0 Å². The fourth-order valence-electron chi connectivity index (χ4n) is 2.35. The highest BCUT2D eigenvalue weighted by atomic mass is 32.1. The van der Waals surface area contributed by atoms with Crippen LogP contribution in [-0.2, 0) is 6.54 Å². The van der Waals surface area contributed by atoms with E-state index in [0.29, 0.717) is 12.1 Å². The van der Waals surface area contributed by atoms with Gasteiger partial charge in [-0.1, -0.05) is 6.07 Å². The molecule has 1 N–H and O–H groups in total. The number of anilines is 1. The Bertz CT molecular complexity index is 531. The summed E-state index contributed by atoms with van der Waals surface area (Å²) in [5.41, 5.74) is 2.62. The number of hydrogen-bond donors (Lipinski definition) is 1. The van der Waals surface area contributed by atoms with Gasteiger partial charge in [-0.05, 0) is 60.8 Å². The molecule has 0 radical (unpaired) electrons. The highest BCUT2D eigenvalue weighted by molar-refractivity contribution is 7.07. The van der Waals surface area contributed by atoms with Crippen LogP contribution in [0.4, 0.5) is 5.82 Å². The molecule has 2 heterocycles. The Morgan fingerprint density at radius 3 is 2.80 bits per heavy atom. The Labute approximate surface area is 124 Å². The molecule has 2 aromatic heterocycles. The molecular weight excluding hydrogens is 266 g/mol. The third kappa shape index (κ3) is 3.02. The zero-order valence-electron chi connectivity index (χ0n) is 12.0. The van der Waals surface area contributed by atoms with E-state index in [1.165, 1.54) is 24.0 Å². The molecule has 20 heavy (non-hydrogen) atoms. The number of rotatable bonds is 6. The fraction of sp³-hybridized carbons (Fsp3) is 0.438. The van der Waals surface area contributed by atoms with E-state index in [1.807, 2.05) is 13.2 Å². The number of nitrogens with zero attached hydrogens (tertiary/aromatic N) is 2. The predicted octanol–water partition coefficient (Wildman–Crippen LogP) is 3.59. The van der Waals surface area contributed by atoms with Gasteiger partial charge in [0.15, 0.2) is 0 Å². The van der Waals surface area contributed by atoms with Crippen molar-refractivity contribution in [2.24, 2.45) is 0 Å². The number of thiophene rings is 1. The largest absolute Gasteiger partial charge is 0.349 e. The average molecular weight is 287 g/mol. The summed E-state index contributed by atoms with van der Waals surface area (Å²) in [6.45, 7) is 3.13. The molecule has 0 amide bonds. The lowest BCUT2D eigenvalue weighted by molar-refractivity contribution is 0.648. The van der Waals surface area contributed by atoms with E-state index in [2.05, 4.69) is 51.1 Å². The van der Waals surface area contributed by atoms with Crippen LogP contribution >= 0.6 is 11.3 Å². The smallest absolute Gasteiger partial charge is 0.129 e. The molecule has 1 saturated carbocycles. The molecule has 1 aliphatic carbocycles. The van der Waals surface area contributed by atoms with Crippen LogP contribution in [-0.4, -0.2) is 18.1 Å². The van der Waals surface area contributed by atoms with Gasteiger partial charge in [0.25, 0.3) is 0 Å². The van der Waals surface area contributed by atoms with E-state index in [-0.39, 0.29) is 0 Å². The Morgan fingerprint density at radius 1 is 1.40 bits per heavy atom. The summed E-state index contributed by atoms with van der Waals surface area (Å²) in [5.74, 6) is 1.10. The molecule has 3 nitrogen and oxygen atoms in total. The van der Waals surface area contributed by atoms with E-state index in [4.69, 9.17) is 0 Å². The van der Waals surface area contributed by atoms with E-state index >= 15 is 0 Å². The molecule has 0 saturated heterocycles. The Hall–Kier alpha value is -1.39. The molecule has 0 aromatic carbocycles. The summed E-state index contributed by atoms with van der Waals surface area (Å²) in [6, 6.07) is 7.58. The highest BCUT2D eigenvalue weighted by Gasteiger charge is 2.30. The van der Waals surface area contributed by atoms with Gasteiger partial charge in [-0.25, -0.2) is 4.98 Å². The molecule has 0 spiro atoms. The monoisotopic (exact) mass is 287 g/mol. The van der Waals surface area contributed by atoms with Crippen molar-refractivity contribution in [3.8, 4) is 0 Å². The molecular formula is C16H21N3S. The third-order valence-corrected chi connectivity index (χ3v) is 4.65. The van der Waals surface area contributed by atoms with E-state index in [1.54, 1.807) is 11.3 Å².